The van der Waals surface area contributed by atoms with Gasteiger partial charge in [0.05, 0.1) is 18.5 Å². The fourth-order valence-corrected chi connectivity index (χ4v) is 6.28. The molecular weight excluding hydrogens is 529 g/mol. The van der Waals surface area contributed by atoms with E-state index in [1.165, 1.54) is 11.3 Å². The van der Waals surface area contributed by atoms with E-state index in [0.717, 1.165) is 36.8 Å². The lowest BCUT2D eigenvalue weighted by atomic mass is 10.1. The third-order valence-electron chi connectivity index (χ3n) is 5.87. The first-order valence-corrected chi connectivity index (χ1v) is 15.1. The molecule has 194 valence electrons. The highest BCUT2D eigenvalue weighted by molar-refractivity contribution is 7.98. The zero-order valence-electron chi connectivity index (χ0n) is 21.1. The molecule has 0 fully saturated rings. The quantitative estimate of drug-likeness (QED) is 0.150. The Morgan fingerprint density at radius 3 is 2.43 bits per heavy atom. The number of hydrogen-bond donors (Lipinski definition) is 0. The zero-order chi connectivity index (χ0) is 26.5. The van der Waals surface area contributed by atoms with Crippen molar-refractivity contribution < 1.29 is 14.3 Å². The Morgan fingerprint density at radius 2 is 1.76 bits per heavy atom. The molecule has 2 aromatic heterocycles. The second-order valence-electron chi connectivity index (χ2n) is 8.19. The van der Waals surface area contributed by atoms with Gasteiger partial charge in [-0.15, -0.1) is 34.9 Å². The molecule has 0 aliphatic heterocycles. The highest BCUT2D eigenvalue weighted by atomic mass is 32.2. The number of thioether (sulfide) groups is 2. The number of nitrogens with zero attached hydrogens (tertiary/aromatic N) is 2. The van der Waals surface area contributed by atoms with E-state index in [9.17, 15) is 14.4 Å². The summed E-state index contributed by atoms with van der Waals surface area (Å²) in [4.78, 5) is 42.0. The first-order valence-electron chi connectivity index (χ1n) is 11.7. The Morgan fingerprint density at radius 1 is 1.03 bits per heavy atom. The van der Waals surface area contributed by atoms with Crippen molar-refractivity contribution in [2.45, 2.75) is 31.8 Å². The number of rotatable bonds is 10. The number of esters is 1. The van der Waals surface area contributed by atoms with Crippen LogP contribution in [0.2, 0.25) is 0 Å². The van der Waals surface area contributed by atoms with Crippen molar-refractivity contribution in [2.75, 3.05) is 25.1 Å². The lowest BCUT2D eigenvalue weighted by Crippen LogP contribution is -2.42. The van der Waals surface area contributed by atoms with Crippen molar-refractivity contribution in [3.05, 3.63) is 80.5 Å². The van der Waals surface area contributed by atoms with Gasteiger partial charge in [0, 0.05) is 9.77 Å². The van der Waals surface area contributed by atoms with Crippen LogP contribution in [0.25, 0.3) is 20.7 Å². The summed E-state index contributed by atoms with van der Waals surface area (Å²) in [5.41, 5.74) is 1.64. The van der Waals surface area contributed by atoms with Crippen LogP contribution in [0.3, 0.4) is 0 Å². The molecule has 10 heteroatoms. The van der Waals surface area contributed by atoms with Gasteiger partial charge in [0.2, 0.25) is 0 Å². The van der Waals surface area contributed by atoms with Crippen LogP contribution >= 0.6 is 34.9 Å². The number of carbonyl (C=O) groups excluding carboxylic acids is 1. The molecule has 4 aromatic rings. The van der Waals surface area contributed by atoms with Crippen LogP contribution in [-0.4, -0.2) is 40.2 Å². The van der Waals surface area contributed by atoms with Crippen molar-refractivity contribution in [2.24, 2.45) is 0 Å². The molecule has 0 unspecified atom stereocenters. The van der Waals surface area contributed by atoms with Gasteiger partial charge in [-0.3, -0.25) is 14.2 Å². The Bertz CT molecular complexity index is 1540. The zero-order valence-corrected chi connectivity index (χ0v) is 23.6. The average Bonchev–Trinajstić information content (AvgIpc) is 3.25. The maximum Gasteiger partial charge on any atom is 0.332 e. The number of aryl methyl sites for hydroxylation is 1. The van der Waals surface area contributed by atoms with E-state index in [-0.39, 0.29) is 13.2 Å². The number of aromatic nitrogens is 2. The van der Waals surface area contributed by atoms with E-state index in [1.54, 1.807) is 35.0 Å². The first-order chi connectivity index (χ1) is 17.9. The Labute approximate surface area is 227 Å². The molecule has 0 aliphatic carbocycles. The van der Waals surface area contributed by atoms with Crippen LogP contribution in [0.5, 0.6) is 5.75 Å². The number of thiophene rings is 1. The SMILES string of the molecule is CCOC(=O)Cn1c(=O)c2c(C)c(-c3ccc(OCSC)cc3)sc2n(Cc2ccccc2SC)c1=O. The van der Waals surface area contributed by atoms with Crippen molar-refractivity contribution in [1.82, 2.24) is 9.13 Å². The summed E-state index contributed by atoms with van der Waals surface area (Å²) < 4.78 is 13.3. The van der Waals surface area contributed by atoms with Gasteiger partial charge in [0.15, 0.2) is 0 Å². The summed E-state index contributed by atoms with van der Waals surface area (Å²) in [6, 6.07) is 15.6. The van der Waals surface area contributed by atoms with Gasteiger partial charge < -0.3 is 9.47 Å². The maximum absolute atomic E-state index is 13.6. The van der Waals surface area contributed by atoms with Crippen molar-refractivity contribution in [1.29, 1.82) is 0 Å². The van der Waals surface area contributed by atoms with E-state index in [1.807, 2.05) is 68.0 Å². The van der Waals surface area contributed by atoms with Gasteiger partial charge in [-0.2, -0.15) is 0 Å². The van der Waals surface area contributed by atoms with E-state index < -0.39 is 23.8 Å². The normalized spacial score (nSPS) is 11.1. The van der Waals surface area contributed by atoms with E-state index in [0.29, 0.717) is 16.2 Å². The van der Waals surface area contributed by atoms with Gasteiger partial charge >= 0.3 is 11.7 Å². The summed E-state index contributed by atoms with van der Waals surface area (Å²) in [5.74, 6) is 0.704. The number of carbonyl (C=O) groups is 1. The Balaban J connectivity index is 1.92. The van der Waals surface area contributed by atoms with Crippen LogP contribution in [0.15, 0.2) is 63.0 Å². The van der Waals surface area contributed by atoms with E-state index in [4.69, 9.17) is 9.47 Å². The lowest BCUT2D eigenvalue weighted by molar-refractivity contribution is -0.143. The number of benzene rings is 2. The third-order valence-corrected chi connectivity index (χ3v) is 8.42. The van der Waals surface area contributed by atoms with Crippen LogP contribution in [0, 0.1) is 6.92 Å². The molecule has 0 N–H and O–H groups in total. The smallest absolute Gasteiger partial charge is 0.332 e. The molecular formula is C27H28N2O5S3. The third kappa shape index (κ3) is 5.66. The molecule has 0 atom stereocenters. The molecule has 0 spiro atoms. The minimum Gasteiger partial charge on any atom is -0.483 e. The highest BCUT2D eigenvalue weighted by Gasteiger charge is 2.22. The summed E-state index contributed by atoms with van der Waals surface area (Å²) in [6.07, 6.45) is 3.96. The van der Waals surface area contributed by atoms with Gasteiger partial charge in [0.25, 0.3) is 5.56 Å². The molecule has 7 nitrogen and oxygen atoms in total. The van der Waals surface area contributed by atoms with Gasteiger partial charge in [0.1, 0.15) is 23.1 Å². The van der Waals surface area contributed by atoms with Crippen molar-refractivity contribution in [3.63, 3.8) is 0 Å². The van der Waals surface area contributed by atoms with Gasteiger partial charge in [-0.1, -0.05) is 18.2 Å². The molecule has 0 saturated carbocycles. The number of hydrogen-bond acceptors (Lipinski definition) is 8. The van der Waals surface area contributed by atoms with Crippen molar-refractivity contribution in [3.8, 4) is 16.2 Å². The predicted molar refractivity (Wildman–Crippen MR) is 153 cm³/mol. The fraction of sp³-hybridized carbons (Fsp3) is 0.296. The topological polar surface area (TPSA) is 79.5 Å². The van der Waals surface area contributed by atoms with Crippen LogP contribution in [0.4, 0.5) is 0 Å². The average molecular weight is 557 g/mol. The van der Waals surface area contributed by atoms with Crippen LogP contribution in [0.1, 0.15) is 18.1 Å². The van der Waals surface area contributed by atoms with E-state index >= 15 is 0 Å². The lowest BCUT2D eigenvalue weighted by Gasteiger charge is -2.13. The molecule has 0 saturated heterocycles. The molecule has 0 aliphatic rings. The van der Waals surface area contributed by atoms with Crippen molar-refractivity contribution >= 4 is 51.0 Å². The van der Waals surface area contributed by atoms with Crippen LogP contribution in [-0.2, 0) is 22.6 Å². The molecule has 2 aromatic carbocycles. The fourth-order valence-electron chi connectivity index (χ4n) is 4.12. The van der Waals surface area contributed by atoms with Crippen LogP contribution < -0.4 is 16.0 Å². The first kappa shape index (κ1) is 27.1. The predicted octanol–water partition coefficient (Wildman–Crippen LogP) is 5.23. The molecule has 0 amide bonds. The molecule has 4 rings (SSSR count). The van der Waals surface area contributed by atoms with Gasteiger partial charge in [-0.25, -0.2) is 9.36 Å². The highest BCUT2D eigenvalue weighted by Crippen LogP contribution is 2.37. The summed E-state index contributed by atoms with van der Waals surface area (Å²) >= 11 is 4.60. The second kappa shape index (κ2) is 12.1. The van der Waals surface area contributed by atoms with E-state index in [2.05, 4.69) is 0 Å². The Kier molecular flexibility index (Phi) is 8.83. The maximum atomic E-state index is 13.6. The number of fused-ring (bicyclic) bond motifs is 1. The molecule has 0 radical (unpaired) electrons. The Hall–Kier alpha value is -2.95. The minimum absolute atomic E-state index is 0.170. The van der Waals surface area contributed by atoms with Gasteiger partial charge in [-0.05, 0) is 73.4 Å². The minimum atomic E-state index is -0.619. The monoisotopic (exact) mass is 556 g/mol. The molecule has 0 bridgehead atoms. The second-order valence-corrected chi connectivity index (χ2v) is 10.8. The molecule has 37 heavy (non-hydrogen) atoms. The molecule has 2 heterocycles. The standard InChI is InChI=1S/C27H28N2O5S3/c1-5-33-22(30)15-28-25(31)23-17(2)24(18-10-12-20(13-11-18)34-16-35-3)37-26(23)29(27(28)32)14-19-8-6-7-9-21(19)36-4/h6-13H,5,14-16H2,1-4H3. The largest absolute Gasteiger partial charge is 0.483 e. The summed E-state index contributed by atoms with van der Waals surface area (Å²) in [6.45, 7) is 3.58. The number of ether oxygens (including phenoxy) is 2. The summed E-state index contributed by atoms with van der Waals surface area (Å²) in [5, 5.41) is 0.438. The summed E-state index contributed by atoms with van der Waals surface area (Å²) in [7, 11) is 0.